The molecule has 1 aromatic rings. The van der Waals surface area contributed by atoms with Crippen LogP contribution in [0, 0.1) is 0 Å². The topological polar surface area (TPSA) is 45.1 Å². The van der Waals surface area contributed by atoms with Crippen molar-refractivity contribution in [3.05, 3.63) is 60.0 Å². The number of amides is 1. The normalized spacial score (nSPS) is 22.3. The van der Waals surface area contributed by atoms with Crippen molar-refractivity contribution in [1.29, 1.82) is 0 Å². The third kappa shape index (κ3) is 2.99. The summed E-state index contributed by atoms with van der Waals surface area (Å²) in [4.78, 5) is 20.6. The molecular weight excluding hydrogens is 290 g/mol. The maximum atomic E-state index is 12.4. The van der Waals surface area contributed by atoms with Gasteiger partial charge in [-0.05, 0) is 24.6 Å². The van der Waals surface area contributed by atoms with Crippen molar-refractivity contribution in [1.82, 2.24) is 9.80 Å². The third-order valence-corrected chi connectivity index (χ3v) is 3.94. The molecule has 0 bridgehead atoms. The Morgan fingerprint density at radius 3 is 2.78 bits per heavy atom. The van der Waals surface area contributed by atoms with Crippen molar-refractivity contribution >= 4 is 11.7 Å². The summed E-state index contributed by atoms with van der Waals surface area (Å²) in [6, 6.07) is 9.99. The number of hydrogen-bond donors (Lipinski definition) is 0. The Morgan fingerprint density at radius 1 is 1.35 bits per heavy atom. The van der Waals surface area contributed by atoms with Crippen LogP contribution in [0.15, 0.2) is 59.4 Å². The highest BCUT2D eigenvalue weighted by molar-refractivity contribution is 6.03. The molecule has 0 radical (unpaired) electrons. The summed E-state index contributed by atoms with van der Waals surface area (Å²) in [5, 5.41) is 0. The van der Waals surface area contributed by atoms with E-state index in [0.29, 0.717) is 18.9 Å². The number of carbonyl (C=O) groups excluding carboxylic acids is 1. The van der Waals surface area contributed by atoms with E-state index in [1.807, 2.05) is 60.5 Å². The van der Waals surface area contributed by atoms with E-state index in [4.69, 9.17) is 4.74 Å². The van der Waals surface area contributed by atoms with Gasteiger partial charge in [-0.25, -0.2) is 4.99 Å². The number of allylic oxidation sites excluding steroid dienone is 2. The Kier molecular flexibility index (Phi) is 3.94. The number of rotatable bonds is 4. The van der Waals surface area contributed by atoms with Gasteiger partial charge in [0.05, 0.1) is 6.54 Å². The van der Waals surface area contributed by atoms with Crippen LogP contribution in [0.1, 0.15) is 12.5 Å². The average molecular weight is 311 g/mol. The second kappa shape index (κ2) is 5.91. The number of fused-ring (bicyclic) bond motifs is 1. The first-order valence-corrected chi connectivity index (χ1v) is 7.63. The van der Waals surface area contributed by atoms with Crippen molar-refractivity contribution in [2.75, 3.05) is 20.6 Å². The van der Waals surface area contributed by atoms with Gasteiger partial charge in [-0.1, -0.05) is 30.3 Å². The van der Waals surface area contributed by atoms with Gasteiger partial charge in [0.15, 0.2) is 17.1 Å². The van der Waals surface area contributed by atoms with Gasteiger partial charge < -0.3 is 14.5 Å². The van der Waals surface area contributed by atoms with Gasteiger partial charge in [0.2, 0.25) is 0 Å². The number of aliphatic imine (C=N–C) groups is 1. The molecule has 0 fully saturated rings. The third-order valence-electron chi connectivity index (χ3n) is 3.94. The molecule has 0 N–H and O–H groups in total. The Hall–Kier alpha value is -2.56. The zero-order valence-electron chi connectivity index (χ0n) is 13.7. The molecule has 3 rings (SSSR count). The number of likely N-dealkylation sites (N-methyl/N-ethyl adjacent to an activating group) is 1. The van der Waals surface area contributed by atoms with Crippen molar-refractivity contribution in [2.24, 2.45) is 4.99 Å². The molecule has 2 aliphatic rings. The highest BCUT2D eigenvalue weighted by Crippen LogP contribution is 2.28. The summed E-state index contributed by atoms with van der Waals surface area (Å²) in [6.45, 7) is 2.87. The molecular formula is C18H21N3O2. The van der Waals surface area contributed by atoms with Crippen LogP contribution in [0.2, 0.25) is 0 Å². The summed E-state index contributed by atoms with van der Waals surface area (Å²) in [5.41, 5.74) is 0.322. The first-order chi connectivity index (χ1) is 11.0. The minimum absolute atomic E-state index is 0.00444. The van der Waals surface area contributed by atoms with Crippen molar-refractivity contribution in [3.63, 3.8) is 0 Å². The standard InChI is InChI=1S/C18H21N3O2/c1-18(17(22)20(2)3)13-21-11-7-10-15(16(21)19-18)23-12-14-8-5-4-6-9-14/h4-11H,12-13H2,1-3H3. The predicted molar refractivity (Wildman–Crippen MR) is 89.7 cm³/mol. The summed E-state index contributed by atoms with van der Waals surface area (Å²) in [5.74, 6) is 1.42. The second-order valence-corrected chi connectivity index (χ2v) is 6.18. The Bertz CT molecular complexity index is 691. The number of carbonyl (C=O) groups is 1. The Morgan fingerprint density at radius 2 is 2.09 bits per heavy atom. The smallest absolute Gasteiger partial charge is 0.251 e. The number of nitrogens with zero attached hydrogens (tertiary/aromatic N) is 3. The quantitative estimate of drug-likeness (QED) is 0.856. The van der Waals surface area contributed by atoms with Crippen molar-refractivity contribution in [2.45, 2.75) is 19.1 Å². The van der Waals surface area contributed by atoms with E-state index in [0.717, 1.165) is 11.4 Å². The van der Waals surface area contributed by atoms with Crippen LogP contribution in [0.25, 0.3) is 0 Å². The lowest BCUT2D eigenvalue weighted by Crippen LogP contribution is -2.45. The molecule has 0 saturated heterocycles. The van der Waals surface area contributed by atoms with E-state index in [1.165, 1.54) is 0 Å². The fourth-order valence-electron chi connectivity index (χ4n) is 2.81. The van der Waals surface area contributed by atoms with Crippen molar-refractivity contribution < 1.29 is 9.53 Å². The lowest BCUT2D eigenvalue weighted by Gasteiger charge is -2.25. The molecule has 5 heteroatoms. The number of hydrogen-bond acceptors (Lipinski definition) is 4. The summed E-state index contributed by atoms with van der Waals surface area (Å²) in [6.07, 6.45) is 5.75. The zero-order valence-corrected chi connectivity index (χ0v) is 13.7. The van der Waals surface area contributed by atoms with Crippen LogP contribution >= 0.6 is 0 Å². The fourth-order valence-corrected chi connectivity index (χ4v) is 2.81. The minimum atomic E-state index is -0.775. The van der Waals surface area contributed by atoms with E-state index in [-0.39, 0.29) is 5.91 Å². The SMILES string of the molecule is CN(C)C(=O)C1(C)CN2C=CC=C(OCc3ccccc3)C2=N1. The van der Waals surface area contributed by atoms with E-state index < -0.39 is 5.54 Å². The van der Waals surface area contributed by atoms with E-state index in [1.54, 1.807) is 19.0 Å². The highest BCUT2D eigenvalue weighted by Gasteiger charge is 2.43. The maximum absolute atomic E-state index is 12.4. The van der Waals surface area contributed by atoms with Crippen LogP contribution in [-0.2, 0) is 16.1 Å². The number of ether oxygens (including phenoxy) is 1. The molecule has 1 amide bonds. The lowest BCUT2D eigenvalue weighted by atomic mass is 10.0. The van der Waals surface area contributed by atoms with Gasteiger partial charge in [0, 0.05) is 20.3 Å². The maximum Gasteiger partial charge on any atom is 0.251 e. The molecule has 5 nitrogen and oxygen atoms in total. The molecule has 0 saturated carbocycles. The zero-order chi connectivity index (χ0) is 16.4. The average Bonchev–Trinajstić information content (AvgIpc) is 2.91. The molecule has 0 aromatic heterocycles. The minimum Gasteiger partial charge on any atom is -0.485 e. The monoisotopic (exact) mass is 311 g/mol. The molecule has 2 heterocycles. The summed E-state index contributed by atoms with van der Waals surface area (Å²) >= 11 is 0. The summed E-state index contributed by atoms with van der Waals surface area (Å²) in [7, 11) is 3.51. The molecule has 1 aromatic carbocycles. The molecule has 0 aliphatic carbocycles. The fraction of sp³-hybridized carbons (Fsp3) is 0.333. The van der Waals surface area contributed by atoms with Crippen molar-refractivity contribution in [3.8, 4) is 0 Å². The molecule has 23 heavy (non-hydrogen) atoms. The first-order valence-electron chi connectivity index (χ1n) is 7.63. The van der Waals surface area contributed by atoms with Crippen LogP contribution in [0.5, 0.6) is 0 Å². The summed E-state index contributed by atoms with van der Waals surface area (Å²) < 4.78 is 5.93. The highest BCUT2D eigenvalue weighted by atomic mass is 16.5. The van der Waals surface area contributed by atoms with Gasteiger partial charge in [-0.2, -0.15) is 0 Å². The molecule has 2 aliphatic heterocycles. The van der Waals surface area contributed by atoms with Gasteiger partial charge in [0.25, 0.3) is 5.91 Å². The molecule has 0 spiro atoms. The molecule has 1 atom stereocenters. The predicted octanol–water partition coefficient (Wildman–Crippen LogP) is 2.18. The number of benzene rings is 1. The van der Waals surface area contributed by atoms with E-state index >= 15 is 0 Å². The van der Waals surface area contributed by atoms with Gasteiger partial charge in [-0.15, -0.1) is 0 Å². The molecule has 1 unspecified atom stereocenters. The van der Waals surface area contributed by atoms with Gasteiger partial charge in [0.1, 0.15) is 6.61 Å². The second-order valence-electron chi connectivity index (χ2n) is 6.18. The lowest BCUT2D eigenvalue weighted by molar-refractivity contribution is -0.133. The van der Waals surface area contributed by atoms with Crippen LogP contribution in [0.3, 0.4) is 0 Å². The van der Waals surface area contributed by atoms with E-state index in [9.17, 15) is 4.79 Å². The largest absolute Gasteiger partial charge is 0.485 e. The Balaban J connectivity index is 1.78. The first kappa shape index (κ1) is 15.3. The number of amidine groups is 1. The van der Waals surface area contributed by atoms with Gasteiger partial charge >= 0.3 is 0 Å². The molecule has 120 valence electrons. The van der Waals surface area contributed by atoms with E-state index in [2.05, 4.69) is 4.99 Å². The Labute approximate surface area is 136 Å². The van der Waals surface area contributed by atoms with Gasteiger partial charge in [-0.3, -0.25) is 4.79 Å². The van der Waals surface area contributed by atoms with Crippen LogP contribution in [-0.4, -0.2) is 47.7 Å². The van der Waals surface area contributed by atoms with Crippen LogP contribution < -0.4 is 0 Å². The van der Waals surface area contributed by atoms with Crippen LogP contribution in [0.4, 0.5) is 0 Å².